The monoisotopic (exact) mass is 595 g/mol. The van der Waals surface area contributed by atoms with Crippen molar-refractivity contribution in [3.8, 4) is 5.75 Å². The molecular formula is C34H33N3O5S. The molecule has 1 heterocycles. The second kappa shape index (κ2) is 11.9. The normalized spacial score (nSPS) is 13.8. The van der Waals surface area contributed by atoms with E-state index < -0.39 is 15.9 Å². The molecule has 43 heavy (non-hydrogen) atoms. The molecule has 220 valence electrons. The number of hydrogen-bond acceptors (Lipinski definition) is 5. The average Bonchev–Trinajstić information content (AvgIpc) is 3.66. The van der Waals surface area contributed by atoms with Gasteiger partial charge in [0.2, 0.25) is 5.91 Å². The third-order valence-electron chi connectivity index (χ3n) is 8.15. The fourth-order valence-electron chi connectivity index (χ4n) is 5.86. The highest BCUT2D eigenvalue weighted by Crippen LogP contribution is 2.29. The molecule has 2 amide bonds. The molecule has 0 spiro atoms. The minimum absolute atomic E-state index is 0.0108. The van der Waals surface area contributed by atoms with Gasteiger partial charge >= 0.3 is 0 Å². The molecule has 1 fully saturated rings. The standard InChI is InChI=1S/C34H33N3O5S/c1-42-32-20-27(34(39)36-43(40,41)30-15-13-24-8-4-5-9-26(24)19-30)10-11-28(32)22-37-17-16-25-12-14-29(21-31(25)37)35-33(38)18-23-6-2-3-7-23/h4-5,8-17,19-21,23H,2-3,6-7,18,22H2,1H3,(H,35,38)(H,36,39). The van der Waals surface area contributed by atoms with E-state index in [-0.39, 0.29) is 16.4 Å². The molecule has 0 unspecified atom stereocenters. The first-order chi connectivity index (χ1) is 20.8. The summed E-state index contributed by atoms with van der Waals surface area (Å²) in [7, 11) is -2.58. The highest BCUT2D eigenvalue weighted by Gasteiger charge is 2.21. The van der Waals surface area contributed by atoms with E-state index in [0.29, 0.717) is 24.6 Å². The van der Waals surface area contributed by atoms with Crippen LogP contribution in [-0.2, 0) is 21.4 Å². The first-order valence-electron chi connectivity index (χ1n) is 14.4. The van der Waals surface area contributed by atoms with Crippen molar-refractivity contribution in [3.05, 3.63) is 102 Å². The predicted molar refractivity (Wildman–Crippen MR) is 168 cm³/mol. The van der Waals surface area contributed by atoms with Gasteiger partial charge in [-0.3, -0.25) is 9.59 Å². The van der Waals surface area contributed by atoms with E-state index in [9.17, 15) is 18.0 Å². The van der Waals surface area contributed by atoms with Crippen LogP contribution in [0.1, 0.15) is 48.0 Å². The summed E-state index contributed by atoms with van der Waals surface area (Å²) in [6, 6.07) is 24.9. The first kappa shape index (κ1) is 28.5. The highest BCUT2D eigenvalue weighted by atomic mass is 32.2. The van der Waals surface area contributed by atoms with Gasteiger partial charge in [0.25, 0.3) is 15.9 Å². The van der Waals surface area contributed by atoms with Gasteiger partial charge in [-0.2, -0.15) is 0 Å². The second-order valence-corrected chi connectivity index (χ2v) is 12.8. The topological polar surface area (TPSA) is 106 Å². The van der Waals surface area contributed by atoms with Crippen molar-refractivity contribution < 1.29 is 22.7 Å². The maximum absolute atomic E-state index is 13.0. The number of methoxy groups -OCH3 is 1. The van der Waals surface area contributed by atoms with Gasteiger partial charge in [0.15, 0.2) is 0 Å². The second-order valence-electron chi connectivity index (χ2n) is 11.1. The molecule has 0 aliphatic heterocycles. The number of hydrogen-bond donors (Lipinski definition) is 2. The van der Waals surface area contributed by atoms with Gasteiger partial charge in [-0.05, 0) is 77.4 Å². The number of anilines is 1. The van der Waals surface area contributed by atoms with Crippen molar-refractivity contribution in [2.75, 3.05) is 12.4 Å². The van der Waals surface area contributed by atoms with Gasteiger partial charge in [-0.15, -0.1) is 0 Å². The number of carbonyl (C=O) groups excluding carboxylic acids is 2. The number of benzene rings is 4. The Balaban J connectivity index is 1.18. The summed E-state index contributed by atoms with van der Waals surface area (Å²) in [6.07, 6.45) is 7.17. The molecule has 0 saturated heterocycles. The Morgan fingerprint density at radius 3 is 2.44 bits per heavy atom. The minimum atomic E-state index is -4.09. The number of fused-ring (bicyclic) bond motifs is 2. The third-order valence-corrected chi connectivity index (χ3v) is 9.48. The van der Waals surface area contributed by atoms with Crippen LogP contribution in [0.2, 0.25) is 0 Å². The van der Waals surface area contributed by atoms with Crippen LogP contribution >= 0.6 is 0 Å². The number of nitrogens with one attached hydrogen (secondary N) is 2. The Morgan fingerprint density at radius 2 is 1.65 bits per heavy atom. The smallest absolute Gasteiger partial charge is 0.265 e. The van der Waals surface area contributed by atoms with Crippen molar-refractivity contribution in [3.63, 3.8) is 0 Å². The molecule has 1 aliphatic carbocycles. The summed E-state index contributed by atoms with van der Waals surface area (Å²) < 4.78 is 35.8. The Labute approximate surface area is 250 Å². The third kappa shape index (κ3) is 6.27. The maximum Gasteiger partial charge on any atom is 0.265 e. The number of sulfonamides is 1. The van der Waals surface area contributed by atoms with Gasteiger partial charge in [-0.1, -0.05) is 55.3 Å². The fourth-order valence-corrected chi connectivity index (χ4v) is 6.87. The van der Waals surface area contributed by atoms with Crippen LogP contribution in [0.25, 0.3) is 21.7 Å². The Bertz CT molecular complexity index is 1940. The molecule has 1 aromatic heterocycles. The largest absolute Gasteiger partial charge is 0.496 e. The number of carbonyl (C=O) groups is 2. The zero-order valence-electron chi connectivity index (χ0n) is 23.9. The molecule has 2 N–H and O–H groups in total. The van der Waals surface area contributed by atoms with E-state index in [1.807, 2.05) is 59.3 Å². The number of rotatable bonds is 9. The van der Waals surface area contributed by atoms with Gasteiger partial charge in [-0.25, -0.2) is 13.1 Å². The van der Waals surface area contributed by atoms with Gasteiger partial charge < -0.3 is 14.6 Å². The minimum Gasteiger partial charge on any atom is -0.496 e. The fraction of sp³-hybridized carbons (Fsp3) is 0.235. The van der Waals surface area contributed by atoms with E-state index >= 15 is 0 Å². The van der Waals surface area contributed by atoms with Crippen LogP contribution in [0.5, 0.6) is 5.75 Å². The SMILES string of the molecule is COc1cc(C(=O)NS(=O)(=O)c2ccc3ccccc3c2)ccc1Cn1ccc2ccc(NC(=O)CC3CCCC3)cc21. The molecule has 0 radical (unpaired) electrons. The van der Waals surface area contributed by atoms with Crippen LogP contribution in [0.4, 0.5) is 5.69 Å². The molecule has 1 saturated carbocycles. The predicted octanol–water partition coefficient (Wildman–Crippen LogP) is 6.49. The van der Waals surface area contributed by atoms with E-state index in [2.05, 4.69) is 10.0 Å². The Hall–Kier alpha value is -4.63. The van der Waals surface area contributed by atoms with E-state index in [0.717, 1.165) is 45.8 Å². The van der Waals surface area contributed by atoms with Crippen molar-refractivity contribution >= 4 is 49.2 Å². The molecular weight excluding hydrogens is 562 g/mol. The highest BCUT2D eigenvalue weighted by molar-refractivity contribution is 7.90. The first-order valence-corrected chi connectivity index (χ1v) is 15.9. The molecule has 9 heteroatoms. The van der Waals surface area contributed by atoms with Gasteiger partial charge in [0.05, 0.1) is 24.1 Å². The summed E-state index contributed by atoms with van der Waals surface area (Å²) >= 11 is 0. The van der Waals surface area contributed by atoms with Crippen molar-refractivity contribution in [1.29, 1.82) is 0 Å². The number of ether oxygens (including phenoxy) is 1. The molecule has 5 aromatic rings. The molecule has 1 aliphatic rings. The van der Waals surface area contributed by atoms with Crippen LogP contribution < -0.4 is 14.8 Å². The summed E-state index contributed by atoms with van der Waals surface area (Å²) in [5, 5.41) is 5.75. The van der Waals surface area contributed by atoms with Gasteiger partial charge in [0.1, 0.15) is 5.75 Å². The summed E-state index contributed by atoms with van der Waals surface area (Å²) in [5.74, 6) is 0.229. The summed E-state index contributed by atoms with van der Waals surface area (Å²) in [4.78, 5) is 25.6. The Kier molecular flexibility index (Phi) is 7.90. The maximum atomic E-state index is 13.0. The number of aromatic nitrogens is 1. The average molecular weight is 596 g/mol. The zero-order valence-corrected chi connectivity index (χ0v) is 24.7. The molecule has 6 rings (SSSR count). The van der Waals surface area contributed by atoms with Crippen LogP contribution in [0.3, 0.4) is 0 Å². The lowest BCUT2D eigenvalue weighted by atomic mass is 10.0. The van der Waals surface area contributed by atoms with E-state index in [1.165, 1.54) is 26.0 Å². The van der Waals surface area contributed by atoms with Gasteiger partial charge in [0, 0.05) is 29.4 Å². The number of amides is 2. The molecule has 4 aromatic carbocycles. The Morgan fingerprint density at radius 1 is 0.884 bits per heavy atom. The number of nitrogens with zero attached hydrogens (tertiary/aromatic N) is 1. The van der Waals surface area contributed by atoms with Crippen molar-refractivity contribution in [2.45, 2.75) is 43.5 Å². The molecule has 0 atom stereocenters. The van der Waals surface area contributed by atoms with Crippen LogP contribution in [-0.4, -0.2) is 31.9 Å². The summed E-state index contributed by atoms with van der Waals surface area (Å²) in [5.41, 5.74) is 2.67. The van der Waals surface area contributed by atoms with Crippen LogP contribution in [0, 0.1) is 5.92 Å². The summed E-state index contributed by atoms with van der Waals surface area (Å²) in [6.45, 7) is 0.448. The lowest BCUT2D eigenvalue weighted by molar-refractivity contribution is -0.117. The van der Waals surface area contributed by atoms with E-state index in [4.69, 9.17) is 4.74 Å². The zero-order chi connectivity index (χ0) is 30.0. The molecule has 8 nitrogen and oxygen atoms in total. The van der Waals surface area contributed by atoms with E-state index in [1.54, 1.807) is 30.3 Å². The molecule has 0 bridgehead atoms. The van der Waals surface area contributed by atoms with Crippen molar-refractivity contribution in [1.82, 2.24) is 9.29 Å². The lowest BCUT2D eigenvalue weighted by Gasteiger charge is -2.14. The quantitative estimate of drug-likeness (QED) is 0.203. The van der Waals surface area contributed by atoms with Crippen LogP contribution in [0.15, 0.2) is 96.0 Å². The van der Waals surface area contributed by atoms with Crippen molar-refractivity contribution in [2.24, 2.45) is 5.92 Å². The lowest BCUT2D eigenvalue weighted by Crippen LogP contribution is -2.30.